The number of rotatable bonds is 7. The van der Waals surface area contributed by atoms with Crippen molar-refractivity contribution in [2.75, 3.05) is 6.61 Å². The lowest BCUT2D eigenvalue weighted by Gasteiger charge is -2.13. The summed E-state index contributed by atoms with van der Waals surface area (Å²) in [5, 5.41) is 8.67. The highest BCUT2D eigenvalue weighted by molar-refractivity contribution is 7.89. The normalized spacial score (nSPS) is 12.5. The Bertz CT molecular complexity index is 603. The highest BCUT2D eigenvalue weighted by Crippen LogP contribution is 2.11. The van der Waals surface area contributed by atoms with Crippen LogP contribution in [0.5, 0.6) is 0 Å². The highest BCUT2D eigenvalue weighted by atomic mass is 32.2. The molecule has 0 fully saturated rings. The van der Waals surface area contributed by atoms with E-state index in [-0.39, 0.29) is 17.5 Å². The molecule has 0 aliphatic heterocycles. The molecule has 116 valence electrons. The van der Waals surface area contributed by atoms with E-state index >= 15 is 0 Å². The van der Waals surface area contributed by atoms with E-state index in [4.69, 9.17) is 5.11 Å². The van der Waals surface area contributed by atoms with Gasteiger partial charge in [-0.1, -0.05) is 31.6 Å². The number of aliphatic hydroxyl groups excluding tert-OH is 1. The quantitative estimate of drug-likeness (QED) is 0.751. The molecule has 1 heterocycles. The number of nitrogens with zero attached hydrogens (tertiary/aromatic N) is 1. The van der Waals surface area contributed by atoms with Gasteiger partial charge in [-0.2, -0.15) is 0 Å². The minimum Gasteiger partial charge on any atom is -0.395 e. The molecule has 1 rings (SSSR count). The maximum absolute atomic E-state index is 12.2. The van der Waals surface area contributed by atoms with Crippen molar-refractivity contribution < 1.29 is 13.5 Å². The third-order valence-electron chi connectivity index (χ3n) is 2.84. The second kappa shape index (κ2) is 8.78. The topological polar surface area (TPSA) is 79.3 Å². The van der Waals surface area contributed by atoms with Crippen molar-refractivity contribution in [1.82, 2.24) is 9.71 Å². The van der Waals surface area contributed by atoms with Gasteiger partial charge in [-0.3, -0.25) is 4.98 Å². The molecule has 21 heavy (non-hydrogen) atoms. The average Bonchev–Trinajstić information content (AvgIpc) is 2.45. The average molecular weight is 310 g/mol. The van der Waals surface area contributed by atoms with Crippen LogP contribution in [0, 0.1) is 11.8 Å². The first-order chi connectivity index (χ1) is 9.99. The summed E-state index contributed by atoms with van der Waals surface area (Å²) in [7, 11) is -3.57. The second-order valence-corrected chi connectivity index (χ2v) is 6.56. The number of hydrogen-bond acceptors (Lipinski definition) is 4. The van der Waals surface area contributed by atoms with Gasteiger partial charge in [-0.05, 0) is 19.4 Å². The van der Waals surface area contributed by atoms with Crippen molar-refractivity contribution in [2.24, 2.45) is 0 Å². The Morgan fingerprint density at radius 3 is 2.86 bits per heavy atom. The molecule has 0 aliphatic rings. The Morgan fingerprint density at radius 2 is 2.19 bits per heavy atom. The van der Waals surface area contributed by atoms with Gasteiger partial charge in [0.1, 0.15) is 4.90 Å². The van der Waals surface area contributed by atoms with Crippen LogP contribution < -0.4 is 4.72 Å². The third kappa shape index (κ3) is 6.25. The molecule has 0 spiro atoms. The Morgan fingerprint density at radius 1 is 1.43 bits per heavy atom. The van der Waals surface area contributed by atoms with Gasteiger partial charge in [-0.15, -0.1) is 0 Å². The maximum Gasteiger partial charge on any atom is 0.242 e. The van der Waals surface area contributed by atoms with E-state index in [0.717, 1.165) is 19.3 Å². The van der Waals surface area contributed by atoms with Gasteiger partial charge in [-0.25, -0.2) is 13.1 Å². The molecule has 0 aromatic carbocycles. The van der Waals surface area contributed by atoms with Gasteiger partial charge in [0.15, 0.2) is 0 Å². The van der Waals surface area contributed by atoms with E-state index < -0.39 is 10.0 Å². The minimum absolute atomic E-state index is 0.0189. The van der Waals surface area contributed by atoms with Gasteiger partial charge in [0, 0.05) is 30.4 Å². The summed E-state index contributed by atoms with van der Waals surface area (Å²) in [6.45, 7) is 3.90. The fraction of sp³-hybridized carbons (Fsp3) is 0.533. The first-order valence-electron chi connectivity index (χ1n) is 7.06. The lowest BCUT2D eigenvalue weighted by atomic mass is 10.2. The molecule has 0 amide bonds. The monoisotopic (exact) mass is 310 g/mol. The third-order valence-corrected chi connectivity index (χ3v) is 4.40. The molecule has 1 unspecified atom stereocenters. The van der Waals surface area contributed by atoms with E-state index in [2.05, 4.69) is 28.5 Å². The van der Waals surface area contributed by atoms with Gasteiger partial charge in [0.05, 0.1) is 6.61 Å². The Hall–Kier alpha value is -1.42. The lowest BCUT2D eigenvalue weighted by Crippen LogP contribution is -2.32. The largest absolute Gasteiger partial charge is 0.395 e. The second-order valence-electron chi connectivity index (χ2n) is 4.85. The van der Waals surface area contributed by atoms with Crippen LogP contribution in [0.4, 0.5) is 0 Å². The number of nitrogens with one attached hydrogen (secondary N) is 1. The predicted octanol–water partition coefficient (Wildman–Crippen LogP) is 1.67. The smallest absolute Gasteiger partial charge is 0.242 e. The predicted molar refractivity (Wildman–Crippen MR) is 82.1 cm³/mol. The van der Waals surface area contributed by atoms with E-state index in [1.54, 1.807) is 0 Å². The van der Waals surface area contributed by atoms with Crippen LogP contribution in [0.3, 0.4) is 0 Å². The van der Waals surface area contributed by atoms with E-state index in [1.807, 2.05) is 6.92 Å². The van der Waals surface area contributed by atoms with Crippen LogP contribution in [-0.2, 0) is 10.0 Å². The SMILES string of the molecule is CCCCC(C)NS(=O)(=O)c1cncc(C#CCCO)c1. The molecule has 0 radical (unpaired) electrons. The van der Waals surface area contributed by atoms with Crippen LogP contribution in [0.2, 0.25) is 0 Å². The summed E-state index contributed by atoms with van der Waals surface area (Å²) in [6.07, 6.45) is 5.98. The molecule has 0 aliphatic carbocycles. The minimum atomic E-state index is -3.57. The summed E-state index contributed by atoms with van der Waals surface area (Å²) >= 11 is 0. The number of aliphatic hydroxyl groups is 1. The Balaban J connectivity index is 2.84. The molecule has 1 atom stereocenters. The fourth-order valence-electron chi connectivity index (χ4n) is 1.76. The zero-order valence-electron chi connectivity index (χ0n) is 12.5. The number of sulfonamides is 1. The van der Waals surface area contributed by atoms with Crippen LogP contribution >= 0.6 is 0 Å². The molecule has 5 nitrogen and oxygen atoms in total. The highest BCUT2D eigenvalue weighted by Gasteiger charge is 2.17. The summed E-state index contributed by atoms with van der Waals surface area (Å²) in [6, 6.07) is 1.38. The Labute approximate surface area is 126 Å². The molecule has 1 aromatic rings. The van der Waals surface area contributed by atoms with Gasteiger partial charge in [0.2, 0.25) is 10.0 Å². The maximum atomic E-state index is 12.2. The van der Waals surface area contributed by atoms with Gasteiger partial charge < -0.3 is 5.11 Å². The molecule has 2 N–H and O–H groups in total. The summed E-state index contributed by atoms with van der Waals surface area (Å²) in [4.78, 5) is 4.03. The summed E-state index contributed by atoms with van der Waals surface area (Å²) in [5.74, 6) is 5.52. The molecule has 6 heteroatoms. The molecular formula is C15H22N2O3S. The molecule has 0 bridgehead atoms. The summed E-state index contributed by atoms with van der Waals surface area (Å²) in [5.41, 5.74) is 0.521. The number of unbranched alkanes of at least 4 members (excludes halogenated alkanes) is 1. The zero-order chi connectivity index (χ0) is 15.7. The van der Waals surface area contributed by atoms with Crippen molar-refractivity contribution in [1.29, 1.82) is 0 Å². The molecular weight excluding hydrogens is 288 g/mol. The molecule has 1 aromatic heterocycles. The van der Waals surface area contributed by atoms with Crippen molar-refractivity contribution >= 4 is 10.0 Å². The standard InChI is InChI=1S/C15H22N2O3S/c1-3-4-7-13(2)17-21(19,20)15-10-14(11-16-12-15)8-5-6-9-18/h10-13,17-18H,3-4,6-7,9H2,1-2H3. The number of pyridine rings is 1. The molecule has 0 saturated heterocycles. The summed E-state index contributed by atoms with van der Waals surface area (Å²) < 4.78 is 27.1. The fourth-order valence-corrected chi connectivity index (χ4v) is 3.02. The number of hydrogen-bond donors (Lipinski definition) is 2. The van der Waals surface area contributed by atoms with Gasteiger partial charge >= 0.3 is 0 Å². The van der Waals surface area contributed by atoms with Crippen LogP contribution in [0.15, 0.2) is 23.4 Å². The van der Waals surface area contributed by atoms with Crippen molar-refractivity contribution in [3.63, 3.8) is 0 Å². The first kappa shape index (κ1) is 17.6. The van der Waals surface area contributed by atoms with E-state index in [9.17, 15) is 8.42 Å². The first-order valence-corrected chi connectivity index (χ1v) is 8.55. The Kier molecular flexibility index (Phi) is 7.37. The lowest BCUT2D eigenvalue weighted by molar-refractivity contribution is 0.305. The zero-order valence-corrected chi connectivity index (χ0v) is 13.3. The van der Waals surface area contributed by atoms with Crippen molar-refractivity contribution in [3.05, 3.63) is 24.0 Å². The van der Waals surface area contributed by atoms with Crippen LogP contribution in [0.25, 0.3) is 0 Å². The van der Waals surface area contributed by atoms with E-state index in [1.165, 1.54) is 18.5 Å². The van der Waals surface area contributed by atoms with Crippen molar-refractivity contribution in [3.8, 4) is 11.8 Å². The van der Waals surface area contributed by atoms with E-state index in [0.29, 0.717) is 12.0 Å². The van der Waals surface area contributed by atoms with Crippen molar-refractivity contribution in [2.45, 2.75) is 50.5 Å². The van der Waals surface area contributed by atoms with Crippen LogP contribution in [0.1, 0.15) is 45.1 Å². The van der Waals surface area contributed by atoms with Gasteiger partial charge in [0.25, 0.3) is 0 Å². The number of aromatic nitrogens is 1. The molecule has 0 saturated carbocycles. The van der Waals surface area contributed by atoms with Crippen LogP contribution in [-0.4, -0.2) is 31.2 Å².